The molecule has 0 saturated carbocycles. The molecule has 0 aliphatic carbocycles. The van der Waals surface area contributed by atoms with Crippen molar-refractivity contribution in [2.24, 2.45) is 0 Å². The number of hydrogen-bond acceptors (Lipinski definition) is 2. The summed E-state index contributed by atoms with van der Waals surface area (Å²) in [7, 11) is 0. The zero-order valence-corrected chi connectivity index (χ0v) is 12.1. The zero-order chi connectivity index (χ0) is 14.4. The van der Waals surface area contributed by atoms with Gasteiger partial charge in [0.25, 0.3) is 11.8 Å². The first kappa shape index (κ1) is 13.0. The van der Waals surface area contributed by atoms with Gasteiger partial charge in [0, 0.05) is 5.56 Å². The first-order valence-corrected chi connectivity index (χ1v) is 6.74. The van der Waals surface area contributed by atoms with Crippen LogP contribution in [0.5, 0.6) is 0 Å². The van der Waals surface area contributed by atoms with Crippen LogP contribution < -0.4 is 4.90 Å². The highest BCUT2D eigenvalue weighted by Crippen LogP contribution is 2.33. The van der Waals surface area contributed by atoms with Gasteiger partial charge in [-0.3, -0.25) is 9.59 Å². The molecule has 0 radical (unpaired) electrons. The number of imide groups is 1. The van der Waals surface area contributed by atoms with E-state index in [1.807, 2.05) is 0 Å². The molecule has 0 spiro atoms. The van der Waals surface area contributed by atoms with E-state index in [-0.39, 0.29) is 11.3 Å². The molecule has 0 atom stereocenters. The van der Waals surface area contributed by atoms with Crippen molar-refractivity contribution >= 4 is 33.4 Å². The van der Waals surface area contributed by atoms with Crippen molar-refractivity contribution in [1.82, 2.24) is 0 Å². The number of nitrogens with zero attached hydrogens (tertiary/aromatic N) is 1. The Balaban J connectivity index is 2.17. The quantitative estimate of drug-likeness (QED) is 0.746. The van der Waals surface area contributed by atoms with Crippen molar-refractivity contribution in [3.63, 3.8) is 0 Å². The van der Waals surface area contributed by atoms with Crippen LogP contribution in [0.4, 0.5) is 10.1 Å². The molecule has 0 fully saturated rings. The summed E-state index contributed by atoms with van der Waals surface area (Å²) in [5.41, 5.74) is 1.23. The van der Waals surface area contributed by atoms with Gasteiger partial charge in [-0.15, -0.1) is 0 Å². The second-order valence-electron chi connectivity index (χ2n) is 4.50. The predicted molar refractivity (Wildman–Crippen MR) is 76.4 cm³/mol. The van der Waals surface area contributed by atoms with Gasteiger partial charge in [-0.25, -0.2) is 9.29 Å². The number of fused-ring (bicyclic) bond motifs is 1. The van der Waals surface area contributed by atoms with E-state index in [9.17, 15) is 14.0 Å². The van der Waals surface area contributed by atoms with Crippen molar-refractivity contribution in [2.45, 2.75) is 6.92 Å². The lowest BCUT2D eigenvalue weighted by Crippen LogP contribution is -2.30. The fourth-order valence-electron chi connectivity index (χ4n) is 2.29. The van der Waals surface area contributed by atoms with Crippen LogP contribution in [0.1, 0.15) is 26.3 Å². The molecule has 20 heavy (non-hydrogen) atoms. The summed E-state index contributed by atoms with van der Waals surface area (Å²) < 4.78 is 14.2. The molecule has 5 heteroatoms. The minimum Gasteiger partial charge on any atom is -0.268 e. The number of benzene rings is 2. The van der Waals surface area contributed by atoms with Crippen LogP contribution >= 0.6 is 15.9 Å². The van der Waals surface area contributed by atoms with Gasteiger partial charge >= 0.3 is 0 Å². The Hall–Kier alpha value is -2.01. The van der Waals surface area contributed by atoms with Crippen LogP contribution in [-0.4, -0.2) is 11.8 Å². The Kier molecular flexibility index (Phi) is 2.94. The minimum absolute atomic E-state index is 0.258. The molecule has 2 aromatic rings. The SMILES string of the molecule is Cc1c(N2C(=O)c3ccccc3C2=O)ccc(Br)c1F. The van der Waals surface area contributed by atoms with Crippen LogP contribution in [0.15, 0.2) is 40.9 Å². The van der Waals surface area contributed by atoms with Gasteiger partial charge in [-0.05, 0) is 47.1 Å². The van der Waals surface area contributed by atoms with E-state index in [1.165, 1.54) is 6.07 Å². The fourth-order valence-corrected chi connectivity index (χ4v) is 2.72. The lowest BCUT2D eigenvalue weighted by atomic mass is 10.1. The summed E-state index contributed by atoms with van der Waals surface area (Å²) in [5, 5.41) is 0. The first-order chi connectivity index (χ1) is 9.52. The number of halogens is 2. The van der Waals surface area contributed by atoms with Crippen LogP contribution in [0, 0.1) is 12.7 Å². The van der Waals surface area contributed by atoms with Crippen molar-refractivity contribution < 1.29 is 14.0 Å². The molecule has 0 bridgehead atoms. The number of amides is 2. The fraction of sp³-hybridized carbons (Fsp3) is 0.0667. The smallest absolute Gasteiger partial charge is 0.266 e. The number of rotatable bonds is 1. The van der Waals surface area contributed by atoms with Gasteiger partial charge in [0.1, 0.15) is 5.82 Å². The Morgan fingerprint density at radius 1 is 1.00 bits per heavy atom. The molecule has 3 rings (SSSR count). The maximum Gasteiger partial charge on any atom is 0.266 e. The van der Waals surface area contributed by atoms with E-state index in [0.717, 1.165) is 4.90 Å². The second-order valence-corrected chi connectivity index (χ2v) is 5.35. The standard InChI is InChI=1S/C15H9BrFNO2/c1-8-12(7-6-11(16)13(8)17)18-14(19)9-4-2-3-5-10(9)15(18)20/h2-7H,1H3. The molecule has 1 aliphatic rings. The van der Waals surface area contributed by atoms with E-state index >= 15 is 0 Å². The molecular weight excluding hydrogens is 325 g/mol. The predicted octanol–water partition coefficient (Wildman–Crippen LogP) is 3.70. The summed E-state index contributed by atoms with van der Waals surface area (Å²) in [4.78, 5) is 25.7. The molecule has 0 aromatic heterocycles. The Morgan fingerprint density at radius 3 is 2.10 bits per heavy atom. The maximum absolute atomic E-state index is 13.9. The highest BCUT2D eigenvalue weighted by molar-refractivity contribution is 9.10. The third-order valence-corrected chi connectivity index (χ3v) is 3.96. The lowest BCUT2D eigenvalue weighted by molar-refractivity contribution is 0.0926. The minimum atomic E-state index is -0.473. The highest BCUT2D eigenvalue weighted by atomic mass is 79.9. The van der Waals surface area contributed by atoms with Gasteiger partial charge in [0.05, 0.1) is 21.3 Å². The number of anilines is 1. The molecule has 0 saturated heterocycles. The zero-order valence-electron chi connectivity index (χ0n) is 10.5. The van der Waals surface area contributed by atoms with E-state index in [1.54, 1.807) is 37.3 Å². The first-order valence-electron chi connectivity index (χ1n) is 5.95. The van der Waals surface area contributed by atoms with Crippen molar-refractivity contribution in [1.29, 1.82) is 0 Å². The monoisotopic (exact) mass is 333 g/mol. The molecule has 1 heterocycles. The number of carbonyl (C=O) groups excluding carboxylic acids is 2. The summed E-state index contributed by atoms with van der Waals surface area (Å²) in [6, 6.07) is 9.64. The lowest BCUT2D eigenvalue weighted by Gasteiger charge is -2.17. The summed E-state index contributed by atoms with van der Waals surface area (Å²) in [6.07, 6.45) is 0. The molecule has 1 aliphatic heterocycles. The molecule has 0 unspecified atom stereocenters. The van der Waals surface area contributed by atoms with Crippen LogP contribution in [0.3, 0.4) is 0 Å². The Bertz CT molecular complexity index is 723. The van der Waals surface area contributed by atoms with Gasteiger partial charge < -0.3 is 0 Å². The Morgan fingerprint density at radius 2 is 1.55 bits per heavy atom. The summed E-state index contributed by atoms with van der Waals surface area (Å²) >= 11 is 3.08. The highest BCUT2D eigenvalue weighted by Gasteiger charge is 2.37. The molecule has 3 nitrogen and oxygen atoms in total. The summed E-state index contributed by atoms with van der Waals surface area (Å²) in [6.45, 7) is 1.54. The van der Waals surface area contributed by atoms with Gasteiger partial charge in [0.2, 0.25) is 0 Å². The van der Waals surface area contributed by atoms with E-state index in [4.69, 9.17) is 0 Å². The van der Waals surface area contributed by atoms with Gasteiger partial charge in [-0.1, -0.05) is 12.1 Å². The maximum atomic E-state index is 13.9. The van der Waals surface area contributed by atoms with Crippen molar-refractivity contribution in [2.75, 3.05) is 4.90 Å². The third kappa shape index (κ3) is 1.70. The molecule has 0 N–H and O–H groups in total. The largest absolute Gasteiger partial charge is 0.268 e. The average Bonchev–Trinajstić information content (AvgIpc) is 2.70. The normalized spacial score (nSPS) is 13.8. The van der Waals surface area contributed by atoms with Crippen molar-refractivity contribution in [3.05, 3.63) is 63.4 Å². The van der Waals surface area contributed by atoms with Crippen LogP contribution in [0.25, 0.3) is 0 Å². The average molecular weight is 334 g/mol. The van der Waals surface area contributed by atoms with Gasteiger partial charge in [-0.2, -0.15) is 0 Å². The van der Waals surface area contributed by atoms with E-state index in [0.29, 0.717) is 15.6 Å². The summed E-state index contributed by atoms with van der Waals surface area (Å²) in [5.74, 6) is -1.31. The molecule has 2 aromatic carbocycles. The van der Waals surface area contributed by atoms with E-state index in [2.05, 4.69) is 15.9 Å². The van der Waals surface area contributed by atoms with E-state index < -0.39 is 17.6 Å². The second kappa shape index (κ2) is 4.52. The third-order valence-electron chi connectivity index (χ3n) is 3.35. The topological polar surface area (TPSA) is 37.4 Å². The number of carbonyl (C=O) groups is 2. The Labute approximate surface area is 123 Å². The molecular formula is C15H9BrFNO2. The van der Waals surface area contributed by atoms with Gasteiger partial charge in [0.15, 0.2) is 0 Å². The molecule has 100 valence electrons. The number of hydrogen-bond donors (Lipinski definition) is 0. The molecule has 2 amide bonds. The van der Waals surface area contributed by atoms with Crippen LogP contribution in [-0.2, 0) is 0 Å². The van der Waals surface area contributed by atoms with Crippen LogP contribution in [0.2, 0.25) is 0 Å². The van der Waals surface area contributed by atoms with Crippen molar-refractivity contribution in [3.8, 4) is 0 Å².